The second kappa shape index (κ2) is 25.1. The number of nitrogens with one attached hydrogen (secondary N) is 1. The molecule has 2 atom stereocenters. The van der Waals surface area contributed by atoms with Crippen LogP contribution < -0.4 is 11.2 Å². The van der Waals surface area contributed by atoms with Crippen LogP contribution in [0, 0.1) is 17.7 Å². The van der Waals surface area contributed by atoms with Gasteiger partial charge in [-0.05, 0) is 126 Å². The maximum atomic E-state index is 15.4. The van der Waals surface area contributed by atoms with Gasteiger partial charge in [-0.2, -0.15) is 10.2 Å². The van der Waals surface area contributed by atoms with Crippen LogP contribution >= 0.6 is 21.6 Å². The molecule has 0 bridgehead atoms. The van der Waals surface area contributed by atoms with Crippen LogP contribution in [0.25, 0.3) is 27.8 Å². The molecule has 2 unspecified atom stereocenters. The van der Waals surface area contributed by atoms with Crippen molar-refractivity contribution in [1.29, 1.82) is 0 Å². The first kappa shape index (κ1) is 58.7. The average molecular weight is 1160 g/mol. The molecular weight excluding hydrogens is 1080 g/mol. The van der Waals surface area contributed by atoms with Crippen LogP contribution in [0.2, 0.25) is 0 Å². The number of fused-ring (bicyclic) bond motifs is 1. The molecule has 18 nitrogen and oxygen atoms in total. The number of carbonyl (C=O) groups excluding carboxylic acids is 3. The first-order chi connectivity index (χ1) is 39.3. The highest BCUT2D eigenvalue weighted by Crippen LogP contribution is 2.49. The molecule has 0 radical (unpaired) electrons. The number of phenolic OH excluding ortho intramolecular Hbond substituents is 2. The van der Waals surface area contributed by atoms with E-state index in [4.69, 9.17) is 5.10 Å². The summed E-state index contributed by atoms with van der Waals surface area (Å²) in [7, 11) is 7.58. The normalized spacial score (nSPS) is 18.2. The van der Waals surface area contributed by atoms with Gasteiger partial charge in [-0.25, -0.2) is 23.5 Å². The Labute approximate surface area is 486 Å². The number of piperazine rings is 2. The minimum absolute atomic E-state index is 0.00707. The Hall–Kier alpha value is -6.52. The number of carbonyl (C=O) groups is 3. The number of aromatic nitrogens is 5. The lowest BCUT2D eigenvalue weighted by molar-refractivity contribution is -0.140. The zero-order valence-electron chi connectivity index (χ0n) is 47.9. The number of amides is 3. The van der Waals surface area contributed by atoms with Crippen molar-refractivity contribution < 1.29 is 29.0 Å². The number of hydrogen-bond donors (Lipinski definition) is 3. The zero-order chi connectivity index (χ0) is 58.0. The predicted molar refractivity (Wildman–Crippen MR) is 320 cm³/mol. The van der Waals surface area contributed by atoms with Crippen LogP contribution in [-0.2, 0) is 29.2 Å². The maximum Gasteiger partial charge on any atom is 0.348 e. The van der Waals surface area contributed by atoms with Crippen molar-refractivity contribution >= 4 is 50.1 Å². The summed E-state index contributed by atoms with van der Waals surface area (Å²) in [5.41, 5.74) is 3.18. The topological polar surface area (TPSA) is 197 Å². The summed E-state index contributed by atoms with van der Waals surface area (Å²) in [4.78, 5) is 80.4. The molecule has 3 N–H and O–H groups in total. The van der Waals surface area contributed by atoms with Gasteiger partial charge >= 0.3 is 5.69 Å². The Morgan fingerprint density at radius 1 is 0.805 bits per heavy atom. The first-order valence-electron chi connectivity index (χ1n) is 28.7. The lowest BCUT2D eigenvalue weighted by Crippen LogP contribution is -2.51. The summed E-state index contributed by atoms with van der Waals surface area (Å²) in [5, 5.41) is 34.0. The molecule has 2 aliphatic heterocycles. The molecule has 21 heteroatoms. The first-order valence-corrected chi connectivity index (χ1v) is 30.9. The van der Waals surface area contributed by atoms with Crippen molar-refractivity contribution in [1.82, 2.24) is 53.9 Å². The van der Waals surface area contributed by atoms with Crippen molar-refractivity contribution in [2.45, 2.75) is 95.3 Å². The number of H-pyrrole nitrogens is 1. The number of nitrogens with zero attached hydrogens (tertiary/aromatic N) is 10. The van der Waals surface area contributed by atoms with E-state index in [9.17, 15) is 34.2 Å². The van der Waals surface area contributed by atoms with Gasteiger partial charge in [0.05, 0.1) is 33.8 Å². The molecule has 4 fully saturated rings. The number of hydrogen-bond acceptors (Lipinski definition) is 14. The fourth-order valence-corrected chi connectivity index (χ4v) is 14.4. The van der Waals surface area contributed by atoms with Crippen LogP contribution in [0.15, 0.2) is 88.5 Å². The van der Waals surface area contributed by atoms with Gasteiger partial charge in [-0.15, -0.1) is 0 Å². The molecular formula is C61H76FN11O7S2. The van der Waals surface area contributed by atoms with Crippen molar-refractivity contribution in [3.05, 3.63) is 133 Å². The molecule has 6 aromatic rings. The van der Waals surface area contributed by atoms with E-state index in [0.717, 1.165) is 76.9 Å². The van der Waals surface area contributed by atoms with Gasteiger partial charge < -0.3 is 34.7 Å². The highest BCUT2D eigenvalue weighted by atomic mass is 33.1. The van der Waals surface area contributed by atoms with Crippen molar-refractivity contribution in [2.75, 3.05) is 86.1 Å². The SMILES string of the molecule is CC(C)c1cc(-c2n[nH]c(=O)n2-c2ccc(CN3CCN(CCC(C)(C)SSC4CCC4C(=O)N(CCN(C)C)Cn4nc(Cc5ccc(F)c(C(=O)N6CCN(C(=O)C7CC7)CC6)c5)c5ccccc5c4=O)CC3)cc2)c(O)cc1O. The lowest BCUT2D eigenvalue weighted by Gasteiger charge is -2.40. The van der Waals surface area contributed by atoms with E-state index in [2.05, 4.69) is 33.8 Å². The summed E-state index contributed by atoms with van der Waals surface area (Å²) in [6, 6.07) is 22.6. The van der Waals surface area contributed by atoms with Gasteiger partial charge in [0.1, 0.15) is 24.0 Å². The van der Waals surface area contributed by atoms with Gasteiger partial charge in [-0.1, -0.05) is 71.8 Å². The van der Waals surface area contributed by atoms with E-state index in [1.54, 1.807) is 44.9 Å². The molecule has 2 saturated heterocycles. The molecule has 2 saturated carbocycles. The van der Waals surface area contributed by atoms with Crippen LogP contribution in [-0.4, -0.2) is 178 Å². The number of phenols is 2. The minimum Gasteiger partial charge on any atom is -0.508 e. The van der Waals surface area contributed by atoms with Gasteiger partial charge in [0.15, 0.2) is 5.82 Å². The van der Waals surface area contributed by atoms with E-state index in [0.29, 0.717) is 78.1 Å². The zero-order valence-corrected chi connectivity index (χ0v) is 49.5. The third-order valence-corrected chi connectivity index (χ3v) is 20.5. The van der Waals surface area contributed by atoms with E-state index < -0.39 is 17.4 Å². The molecule has 2 aromatic heterocycles. The maximum absolute atomic E-state index is 15.4. The molecule has 82 heavy (non-hydrogen) atoms. The standard InChI is InChI=1S/C61H76FN11O7S2/c1-39(2)47-35-49(53(75)36-52(47)74)55-63-64-60(80)73(55)43-16-11-40(12-17-43)37-68-26-24-67(25-27-68)22-21-61(3,4)82-81-54-20-18-46(54)57(77)71(28-23-66(5)6)38-72-59(79)45-10-8-7-9-44(45)51(65-72)34-41-13-19-50(62)48(33-41)58(78)70-31-29-69(30-32-70)56(76)42-14-15-42/h7-13,16-17,19,33,35-36,39,42,46,54,74-75H,14-15,18,20-32,34,37-38H2,1-6H3,(H,64,80). The summed E-state index contributed by atoms with van der Waals surface area (Å²) in [5.74, 6) is -0.911. The summed E-state index contributed by atoms with van der Waals surface area (Å²) < 4.78 is 18.2. The third kappa shape index (κ3) is 13.4. The highest BCUT2D eigenvalue weighted by Gasteiger charge is 2.41. The van der Waals surface area contributed by atoms with E-state index >= 15 is 4.39 Å². The van der Waals surface area contributed by atoms with Crippen molar-refractivity contribution in [3.8, 4) is 28.6 Å². The Balaban J connectivity index is 0.723. The van der Waals surface area contributed by atoms with Crippen LogP contribution in [0.4, 0.5) is 4.39 Å². The van der Waals surface area contributed by atoms with Gasteiger partial charge in [-0.3, -0.25) is 24.1 Å². The summed E-state index contributed by atoms with van der Waals surface area (Å²) >= 11 is 0. The fourth-order valence-electron chi connectivity index (χ4n) is 11.1. The lowest BCUT2D eigenvalue weighted by atomic mass is 9.83. The second-order valence-corrected chi connectivity index (χ2v) is 26.8. The molecule has 2 aliphatic carbocycles. The molecule has 4 aromatic carbocycles. The molecule has 3 amide bonds. The number of likely N-dealkylation sites (N-methyl/N-ethyl adjacent to an activating group) is 1. The van der Waals surface area contributed by atoms with Crippen LogP contribution in [0.5, 0.6) is 11.5 Å². The fraction of sp³-hybridized carbons (Fsp3) is 0.492. The monoisotopic (exact) mass is 1160 g/mol. The molecule has 4 heterocycles. The summed E-state index contributed by atoms with van der Waals surface area (Å²) in [6.07, 6.45) is 4.74. The Morgan fingerprint density at radius 2 is 1.49 bits per heavy atom. The van der Waals surface area contributed by atoms with Crippen LogP contribution in [0.1, 0.15) is 98.5 Å². The average Bonchev–Trinajstić information content (AvgIpc) is 4.03. The molecule has 0 spiro atoms. The number of aromatic hydroxyl groups is 2. The minimum atomic E-state index is -0.622. The largest absolute Gasteiger partial charge is 0.508 e. The van der Waals surface area contributed by atoms with Crippen LogP contribution in [0.3, 0.4) is 0 Å². The molecule has 10 rings (SSSR count). The third-order valence-electron chi connectivity index (χ3n) is 16.5. The number of aromatic amines is 1. The number of halogens is 1. The van der Waals surface area contributed by atoms with E-state index in [1.165, 1.54) is 21.4 Å². The Morgan fingerprint density at radius 3 is 2.16 bits per heavy atom. The van der Waals surface area contributed by atoms with E-state index in [1.807, 2.05) is 91.0 Å². The Bertz CT molecular complexity index is 3420. The Kier molecular flexibility index (Phi) is 18.0. The van der Waals surface area contributed by atoms with Crippen molar-refractivity contribution in [2.24, 2.45) is 11.8 Å². The summed E-state index contributed by atoms with van der Waals surface area (Å²) in [6.45, 7) is 16.4. The quantitative estimate of drug-likeness (QED) is 0.0604. The van der Waals surface area contributed by atoms with E-state index in [-0.39, 0.29) is 81.1 Å². The second-order valence-electron chi connectivity index (χ2n) is 23.7. The van der Waals surface area contributed by atoms with Gasteiger partial charge in [0, 0.05) is 106 Å². The molecule has 4 aliphatic rings. The predicted octanol–water partition coefficient (Wildman–Crippen LogP) is 7.39. The molecule has 436 valence electrons. The van der Waals surface area contributed by atoms with Crippen molar-refractivity contribution in [3.63, 3.8) is 0 Å². The highest BCUT2D eigenvalue weighted by molar-refractivity contribution is 8.77. The van der Waals surface area contributed by atoms with Gasteiger partial charge in [0.25, 0.3) is 11.5 Å². The smallest absolute Gasteiger partial charge is 0.348 e. The number of benzene rings is 4. The number of rotatable bonds is 21. The van der Waals surface area contributed by atoms with Gasteiger partial charge in [0.2, 0.25) is 11.8 Å².